The molecule has 0 fully saturated rings. The van der Waals surface area contributed by atoms with Gasteiger partial charge in [0, 0.05) is 6.21 Å². The van der Waals surface area contributed by atoms with Crippen LogP contribution in [0.4, 0.5) is 30.7 Å². The molecule has 1 unspecified atom stereocenters. The summed E-state index contributed by atoms with van der Waals surface area (Å²) >= 11 is 0. The van der Waals surface area contributed by atoms with Crippen molar-refractivity contribution in [3.63, 3.8) is 0 Å². The molecule has 1 aliphatic heterocycles. The monoisotopic (exact) mass is 292 g/mol. The third-order valence-electron chi connectivity index (χ3n) is 2.78. The highest BCUT2D eigenvalue weighted by Crippen LogP contribution is 2.49. The summed E-state index contributed by atoms with van der Waals surface area (Å²) in [6.07, 6.45) is -5.02. The van der Waals surface area contributed by atoms with E-state index in [0.29, 0.717) is 6.08 Å². The van der Waals surface area contributed by atoms with Crippen molar-refractivity contribution in [2.45, 2.75) is 44.0 Å². The zero-order valence-electron chi connectivity index (χ0n) is 9.95. The summed E-state index contributed by atoms with van der Waals surface area (Å²) in [6.45, 7) is 2.83. The zero-order valence-corrected chi connectivity index (χ0v) is 9.95. The molecule has 1 rings (SSSR count). The van der Waals surface area contributed by atoms with Gasteiger partial charge in [0.2, 0.25) is 0 Å². The first-order valence-electron chi connectivity index (χ1n) is 5.24. The van der Waals surface area contributed by atoms with Crippen LogP contribution in [0.3, 0.4) is 0 Å². The van der Waals surface area contributed by atoms with Crippen LogP contribution >= 0.6 is 0 Å². The van der Waals surface area contributed by atoms with Gasteiger partial charge in [-0.25, -0.2) is 0 Å². The SMILES string of the molecule is CCC1(C)N=CC=C(C(F)(F)C(F)(F)C(F)(F)F)N1. The highest BCUT2D eigenvalue weighted by molar-refractivity contribution is 5.74. The fraction of sp³-hybridized carbons (Fsp3) is 0.700. The van der Waals surface area contributed by atoms with Gasteiger partial charge in [-0.05, 0) is 19.4 Å². The molecule has 2 nitrogen and oxygen atoms in total. The lowest BCUT2D eigenvalue weighted by Gasteiger charge is -2.36. The standard InChI is InChI=1S/C10H11F7N2/c1-3-7(2)18-5-4-6(19-7)8(11,12)9(13,14)10(15,16)17/h4-5,19H,3H2,1-2H3. The third kappa shape index (κ3) is 2.55. The topological polar surface area (TPSA) is 24.4 Å². The molecule has 0 spiro atoms. The van der Waals surface area contributed by atoms with Crippen molar-refractivity contribution in [3.05, 3.63) is 11.8 Å². The van der Waals surface area contributed by atoms with Crippen LogP contribution < -0.4 is 5.32 Å². The molecule has 0 amide bonds. The second kappa shape index (κ2) is 4.38. The van der Waals surface area contributed by atoms with Gasteiger partial charge in [-0.1, -0.05) is 6.92 Å². The number of rotatable bonds is 3. The van der Waals surface area contributed by atoms with Crippen molar-refractivity contribution >= 4 is 6.21 Å². The predicted octanol–water partition coefficient (Wildman–Crippen LogP) is 3.50. The van der Waals surface area contributed by atoms with Crippen molar-refractivity contribution in [2.24, 2.45) is 4.99 Å². The largest absolute Gasteiger partial charge is 0.460 e. The van der Waals surface area contributed by atoms with E-state index in [1.165, 1.54) is 13.8 Å². The molecule has 110 valence electrons. The Hall–Kier alpha value is -1.28. The summed E-state index contributed by atoms with van der Waals surface area (Å²) in [5, 5.41) is 1.93. The van der Waals surface area contributed by atoms with Gasteiger partial charge < -0.3 is 5.32 Å². The lowest BCUT2D eigenvalue weighted by molar-refractivity contribution is -0.345. The van der Waals surface area contributed by atoms with Gasteiger partial charge in [0.15, 0.2) is 0 Å². The molecular formula is C10H11F7N2. The van der Waals surface area contributed by atoms with Crippen molar-refractivity contribution in [2.75, 3.05) is 0 Å². The Morgan fingerprint density at radius 2 is 1.68 bits per heavy atom. The molecule has 0 bridgehead atoms. The Kier molecular flexibility index (Phi) is 3.64. The normalized spacial score (nSPS) is 25.0. The van der Waals surface area contributed by atoms with Crippen molar-refractivity contribution < 1.29 is 30.7 Å². The van der Waals surface area contributed by atoms with Crippen molar-refractivity contribution in [1.82, 2.24) is 5.32 Å². The van der Waals surface area contributed by atoms with Crippen LogP contribution in [-0.4, -0.2) is 29.9 Å². The average Bonchev–Trinajstić information content (AvgIpc) is 2.27. The smallest absolute Gasteiger partial charge is 0.360 e. The van der Waals surface area contributed by atoms with Gasteiger partial charge in [0.1, 0.15) is 5.66 Å². The van der Waals surface area contributed by atoms with E-state index in [4.69, 9.17) is 0 Å². The van der Waals surface area contributed by atoms with Gasteiger partial charge in [-0.15, -0.1) is 0 Å². The predicted molar refractivity (Wildman–Crippen MR) is 54.4 cm³/mol. The van der Waals surface area contributed by atoms with E-state index in [2.05, 4.69) is 4.99 Å². The molecule has 9 heteroatoms. The molecule has 0 aliphatic carbocycles. The van der Waals surface area contributed by atoms with E-state index < -0.39 is 29.4 Å². The minimum atomic E-state index is -6.35. The fourth-order valence-electron chi connectivity index (χ4n) is 1.35. The highest BCUT2D eigenvalue weighted by atomic mass is 19.4. The lowest BCUT2D eigenvalue weighted by Crippen LogP contribution is -2.58. The van der Waals surface area contributed by atoms with Gasteiger partial charge in [-0.3, -0.25) is 4.99 Å². The number of aliphatic imine (C=N–C) groups is 1. The number of alkyl halides is 7. The van der Waals surface area contributed by atoms with Crippen molar-refractivity contribution in [3.8, 4) is 0 Å². The first kappa shape index (κ1) is 15.8. The molecule has 0 saturated heterocycles. The van der Waals surface area contributed by atoms with Crippen LogP contribution in [-0.2, 0) is 0 Å². The minimum Gasteiger partial charge on any atom is -0.360 e. The number of halogens is 7. The van der Waals surface area contributed by atoms with E-state index in [0.717, 1.165) is 6.21 Å². The Morgan fingerprint density at radius 3 is 2.11 bits per heavy atom. The quantitative estimate of drug-likeness (QED) is 0.791. The molecule has 1 aliphatic rings. The molecule has 0 radical (unpaired) electrons. The van der Waals surface area contributed by atoms with Crippen LogP contribution in [0.25, 0.3) is 0 Å². The van der Waals surface area contributed by atoms with Gasteiger partial charge in [0.25, 0.3) is 0 Å². The van der Waals surface area contributed by atoms with Crippen LogP contribution in [0.1, 0.15) is 20.3 Å². The van der Waals surface area contributed by atoms with Crippen LogP contribution in [0.2, 0.25) is 0 Å². The zero-order chi connectivity index (χ0) is 15.1. The third-order valence-corrected chi connectivity index (χ3v) is 2.78. The highest BCUT2D eigenvalue weighted by Gasteiger charge is 2.74. The summed E-state index contributed by atoms with van der Waals surface area (Å²) in [6, 6.07) is 0. The maximum atomic E-state index is 13.4. The molecule has 0 aromatic carbocycles. The Balaban J connectivity index is 3.16. The van der Waals surface area contributed by atoms with Crippen molar-refractivity contribution in [1.29, 1.82) is 0 Å². The van der Waals surface area contributed by atoms with Crippen LogP contribution in [0.15, 0.2) is 16.8 Å². The average molecular weight is 292 g/mol. The lowest BCUT2D eigenvalue weighted by atomic mass is 10.0. The molecule has 1 N–H and O–H groups in total. The van der Waals surface area contributed by atoms with Gasteiger partial charge in [0.05, 0.1) is 5.70 Å². The molecule has 19 heavy (non-hydrogen) atoms. The number of hydrogen-bond donors (Lipinski definition) is 1. The fourth-order valence-corrected chi connectivity index (χ4v) is 1.35. The minimum absolute atomic E-state index is 0.133. The first-order chi connectivity index (χ1) is 8.37. The van der Waals surface area contributed by atoms with Gasteiger partial charge >= 0.3 is 18.0 Å². The Bertz CT molecular complexity index is 411. The van der Waals surface area contributed by atoms with Gasteiger partial charge in [-0.2, -0.15) is 30.7 Å². The van der Waals surface area contributed by atoms with E-state index in [9.17, 15) is 30.7 Å². The van der Waals surface area contributed by atoms with E-state index in [1.807, 2.05) is 5.32 Å². The van der Waals surface area contributed by atoms with Crippen LogP contribution in [0, 0.1) is 0 Å². The number of allylic oxidation sites excluding steroid dienone is 2. The number of hydrogen-bond acceptors (Lipinski definition) is 2. The van der Waals surface area contributed by atoms with E-state index >= 15 is 0 Å². The maximum Gasteiger partial charge on any atom is 0.460 e. The number of nitrogens with one attached hydrogen (secondary N) is 1. The summed E-state index contributed by atoms with van der Waals surface area (Å²) in [5.41, 5.74) is -2.84. The molecular weight excluding hydrogens is 281 g/mol. The second-order valence-electron chi connectivity index (χ2n) is 4.26. The van der Waals surface area contributed by atoms with Crippen LogP contribution in [0.5, 0.6) is 0 Å². The van der Waals surface area contributed by atoms with E-state index in [1.54, 1.807) is 0 Å². The Morgan fingerprint density at radius 1 is 1.16 bits per heavy atom. The summed E-state index contributed by atoms with van der Waals surface area (Å²) in [7, 11) is 0. The first-order valence-corrected chi connectivity index (χ1v) is 5.24. The summed E-state index contributed by atoms with van der Waals surface area (Å²) in [5.74, 6) is -11.6. The second-order valence-corrected chi connectivity index (χ2v) is 4.26. The molecule has 0 aromatic heterocycles. The molecule has 0 aromatic rings. The maximum absolute atomic E-state index is 13.4. The summed E-state index contributed by atoms with van der Waals surface area (Å²) < 4.78 is 88.6. The molecule has 1 heterocycles. The van der Waals surface area contributed by atoms with E-state index in [-0.39, 0.29) is 6.42 Å². The number of nitrogens with zero attached hydrogens (tertiary/aromatic N) is 1. The summed E-state index contributed by atoms with van der Waals surface area (Å²) in [4.78, 5) is 3.72. The Labute approximate surface area is 104 Å². The molecule has 1 atom stereocenters. The molecule has 0 saturated carbocycles.